The second kappa shape index (κ2) is 9.52. The van der Waals surface area contributed by atoms with Crippen molar-refractivity contribution in [3.05, 3.63) is 65.5 Å². The summed E-state index contributed by atoms with van der Waals surface area (Å²) in [7, 11) is -3.60. The fourth-order valence-corrected chi connectivity index (χ4v) is 4.45. The lowest BCUT2D eigenvalue weighted by molar-refractivity contribution is 0.193. The summed E-state index contributed by atoms with van der Waals surface area (Å²) in [5.41, 5.74) is 1.02. The number of ether oxygens (including phenoxy) is 1. The predicted octanol–water partition coefficient (Wildman–Crippen LogP) is 3.99. The van der Waals surface area contributed by atoms with Crippen molar-refractivity contribution in [2.45, 2.75) is 32.1 Å². The van der Waals surface area contributed by atoms with Crippen LogP contribution in [0.25, 0.3) is 0 Å². The van der Waals surface area contributed by atoms with E-state index < -0.39 is 33.0 Å². The van der Waals surface area contributed by atoms with Crippen molar-refractivity contribution in [2.75, 3.05) is 5.75 Å². The van der Waals surface area contributed by atoms with Crippen LogP contribution in [-0.4, -0.2) is 26.3 Å². The second-order valence-electron chi connectivity index (χ2n) is 7.04. The Labute approximate surface area is 170 Å². The van der Waals surface area contributed by atoms with Crippen LogP contribution in [-0.2, 0) is 9.84 Å². The van der Waals surface area contributed by atoms with Gasteiger partial charge in [0.2, 0.25) is 0 Å². The molecule has 0 saturated heterocycles. The summed E-state index contributed by atoms with van der Waals surface area (Å²) in [5, 5.41) is 10.7. The third-order valence-electron chi connectivity index (χ3n) is 4.59. The standard InChI is InChI=1S/C21H23FN2O4S/c1-14(2)20(24-21(25)28-19-10-8-18(22)9-11-19)13-29(26,27)15(3)17-6-4-16(12-23)5-7-17/h4-11,14-15,20H,13H2,1-3H3,(H,24,25)/t15?,20-/m1/s1. The Morgan fingerprint density at radius 3 is 2.21 bits per heavy atom. The number of amides is 1. The molecule has 0 saturated carbocycles. The highest BCUT2D eigenvalue weighted by atomic mass is 32.2. The highest BCUT2D eigenvalue weighted by molar-refractivity contribution is 7.91. The number of hydrogen-bond donors (Lipinski definition) is 1. The Hall–Kier alpha value is -2.92. The fourth-order valence-electron chi connectivity index (χ4n) is 2.62. The van der Waals surface area contributed by atoms with Gasteiger partial charge in [-0.25, -0.2) is 17.6 Å². The number of nitriles is 1. The van der Waals surface area contributed by atoms with Crippen LogP contribution < -0.4 is 10.1 Å². The molecule has 6 nitrogen and oxygen atoms in total. The highest BCUT2D eigenvalue weighted by Crippen LogP contribution is 2.24. The molecule has 0 aliphatic heterocycles. The fraction of sp³-hybridized carbons (Fsp3) is 0.333. The molecule has 1 N–H and O–H groups in total. The van der Waals surface area contributed by atoms with E-state index in [1.807, 2.05) is 6.07 Å². The van der Waals surface area contributed by atoms with E-state index in [2.05, 4.69) is 5.32 Å². The minimum absolute atomic E-state index is 0.153. The molecule has 0 fully saturated rings. The van der Waals surface area contributed by atoms with E-state index in [1.54, 1.807) is 45.0 Å². The molecule has 0 aliphatic carbocycles. The molecule has 0 aliphatic rings. The molecule has 2 aromatic carbocycles. The van der Waals surface area contributed by atoms with E-state index in [9.17, 15) is 17.6 Å². The molecule has 0 bridgehead atoms. The van der Waals surface area contributed by atoms with Crippen LogP contribution in [0.15, 0.2) is 48.5 Å². The quantitative estimate of drug-likeness (QED) is 0.733. The van der Waals surface area contributed by atoms with Crippen LogP contribution in [0.2, 0.25) is 0 Å². The van der Waals surface area contributed by atoms with Gasteiger partial charge in [0, 0.05) is 6.04 Å². The molecule has 8 heteroatoms. The molecule has 0 radical (unpaired) electrons. The van der Waals surface area contributed by atoms with E-state index in [1.165, 1.54) is 12.1 Å². The van der Waals surface area contributed by atoms with Crippen LogP contribution in [0.5, 0.6) is 5.75 Å². The van der Waals surface area contributed by atoms with Crippen LogP contribution >= 0.6 is 0 Å². The van der Waals surface area contributed by atoms with Crippen LogP contribution in [0.3, 0.4) is 0 Å². The molecular formula is C21H23FN2O4S. The monoisotopic (exact) mass is 418 g/mol. The van der Waals surface area contributed by atoms with Gasteiger partial charge in [0.25, 0.3) is 0 Å². The van der Waals surface area contributed by atoms with Gasteiger partial charge in [-0.15, -0.1) is 0 Å². The molecule has 2 aromatic rings. The van der Waals surface area contributed by atoms with Gasteiger partial charge in [-0.2, -0.15) is 5.26 Å². The van der Waals surface area contributed by atoms with Gasteiger partial charge in [-0.1, -0.05) is 26.0 Å². The van der Waals surface area contributed by atoms with Crippen molar-refractivity contribution in [2.24, 2.45) is 5.92 Å². The molecule has 0 aromatic heterocycles. The average Bonchev–Trinajstić information content (AvgIpc) is 2.68. The number of hydrogen-bond acceptors (Lipinski definition) is 5. The van der Waals surface area contributed by atoms with Crippen molar-refractivity contribution in [3.8, 4) is 11.8 Å². The van der Waals surface area contributed by atoms with E-state index in [-0.39, 0.29) is 17.4 Å². The van der Waals surface area contributed by atoms with Crippen molar-refractivity contribution in [3.63, 3.8) is 0 Å². The summed E-state index contributed by atoms with van der Waals surface area (Å²) in [4.78, 5) is 12.2. The molecule has 2 rings (SSSR count). The summed E-state index contributed by atoms with van der Waals surface area (Å²) in [5.74, 6) is -0.746. The first-order valence-corrected chi connectivity index (χ1v) is 10.8. The molecule has 0 spiro atoms. The lowest BCUT2D eigenvalue weighted by Gasteiger charge is -2.24. The third-order valence-corrected chi connectivity index (χ3v) is 6.77. The van der Waals surface area contributed by atoms with Gasteiger partial charge in [0.15, 0.2) is 9.84 Å². The summed E-state index contributed by atoms with van der Waals surface area (Å²) >= 11 is 0. The Kier molecular flexibility index (Phi) is 7.35. The number of carbonyl (C=O) groups is 1. The average molecular weight is 418 g/mol. The van der Waals surface area contributed by atoms with Crippen molar-refractivity contribution < 1.29 is 22.3 Å². The molecule has 1 amide bonds. The molecular weight excluding hydrogens is 395 g/mol. The lowest BCUT2D eigenvalue weighted by Crippen LogP contribution is -2.45. The SMILES string of the molecule is CC(C)[C@@H](CS(=O)(=O)C(C)c1ccc(C#N)cc1)NC(=O)Oc1ccc(F)cc1. The van der Waals surface area contributed by atoms with Gasteiger partial charge in [0.1, 0.15) is 11.6 Å². The summed E-state index contributed by atoms with van der Waals surface area (Å²) in [6.07, 6.45) is -0.809. The number of nitrogens with one attached hydrogen (secondary N) is 1. The molecule has 2 atom stereocenters. The van der Waals surface area contributed by atoms with Gasteiger partial charge in [-0.05, 0) is 54.8 Å². The molecule has 29 heavy (non-hydrogen) atoms. The van der Waals surface area contributed by atoms with Gasteiger partial charge >= 0.3 is 6.09 Å². The number of nitrogens with zero attached hydrogens (tertiary/aromatic N) is 1. The van der Waals surface area contributed by atoms with E-state index in [4.69, 9.17) is 10.00 Å². The maximum absolute atomic E-state index is 12.9. The van der Waals surface area contributed by atoms with E-state index in [0.717, 1.165) is 12.1 Å². The number of benzene rings is 2. The Morgan fingerprint density at radius 1 is 1.10 bits per heavy atom. The van der Waals surface area contributed by atoms with Crippen molar-refractivity contribution in [1.29, 1.82) is 5.26 Å². The number of sulfone groups is 1. The van der Waals surface area contributed by atoms with Crippen LogP contribution in [0.1, 0.15) is 37.1 Å². The molecule has 154 valence electrons. The molecule has 0 heterocycles. The highest BCUT2D eigenvalue weighted by Gasteiger charge is 2.29. The maximum Gasteiger partial charge on any atom is 0.412 e. The zero-order valence-corrected chi connectivity index (χ0v) is 17.2. The Morgan fingerprint density at radius 2 is 1.69 bits per heavy atom. The van der Waals surface area contributed by atoms with Crippen molar-refractivity contribution >= 4 is 15.9 Å². The predicted molar refractivity (Wildman–Crippen MR) is 108 cm³/mol. The Bertz CT molecular complexity index is 981. The number of rotatable bonds is 7. The number of carbonyl (C=O) groups excluding carboxylic acids is 1. The Balaban J connectivity index is 2.08. The second-order valence-corrected chi connectivity index (χ2v) is 9.41. The number of halogens is 1. The lowest BCUT2D eigenvalue weighted by atomic mass is 10.1. The largest absolute Gasteiger partial charge is 0.412 e. The minimum Gasteiger partial charge on any atom is -0.410 e. The summed E-state index contributed by atoms with van der Waals surface area (Å²) in [6, 6.07) is 12.6. The zero-order chi connectivity index (χ0) is 21.6. The van der Waals surface area contributed by atoms with Crippen LogP contribution in [0.4, 0.5) is 9.18 Å². The normalized spacial score (nSPS) is 13.4. The van der Waals surface area contributed by atoms with E-state index in [0.29, 0.717) is 11.1 Å². The summed E-state index contributed by atoms with van der Waals surface area (Å²) < 4.78 is 43.8. The smallest absolute Gasteiger partial charge is 0.410 e. The first-order chi connectivity index (χ1) is 13.6. The topological polar surface area (TPSA) is 96.3 Å². The zero-order valence-electron chi connectivity index (χ0n) is 16.4. The van der Waals surface area contributed by atoms with Gasteiger partial charge in [0.05, 0.1) is 22.6 Å². The first kappa shape index (κ1) is 22.4. The molecule has 1 unspecified atom stereocenters. The van der Waals surface area contributed by atoms with Gasteiger partial charge in [-0.3, -0.25) is 0 Å². The summed E-state index contributed by atoms with van der Waals surface area (Å²) in [6.45, 7) is 5.17. The van der Waals surface area contributed by atoms with Gasteiger partial charge < -0.3 is 10.1 Å². The van der Waals surface area contributed by atoms with Crippen LogP contribution in [0, 0.1) is 23.1 Å². The van der Waals surface area contributed by atoms with E-state index >= 15 is 0 Å². The van der Waals surface area contributed by atoms with Crippen molar-refractivity contribution in [1.82, 2.24) is 5.32 Å². The minimum atomic E-state index is -3.60. The first-order valence-electron chi connectivity index (χ1n) is 9.08. The third kappa shape index (κ3) is 6.29. The maximum atomic E-state index is 12.9.